The Labute approximate surface area is 118 Å². The fraction of sp³-hybridized carbons (Fsp3) is 0.846. The average molecular weight is 286 g/mol. The minimum absolute atomic E-state index is 0. The molecule has 3 amide bonds. The second kappa shape index (κ2) is 4.63. The summed E-state index contributed by atoms with van der Waals surface area (Å²) in [6.07, 6.45) is 6.69. The van der Waals surface area contributed by atoms with Crippen LogP contribution in [-0.4, -0.2) is 29.5 Å². The molecule has 1 heterocycles. The van der Waals surface area contributed by atoms with Gasteiger partial charge in [-0.15, -0.1) is 12.4 Å². The Morgan fingerprint density at radius 3 is 2.05 bits per heavy atom. The first-order valence-electron chi connectivity index (χ1n) is 7.06. The van der Waals surface area contributed by atoms with Crippen molar-refractivity contribution in [2.45, 2.75) is 38.1 Å². The molecule has 106 valence electrons. The largest absolute Gasteiger partial charge is 0.338 e. The van der Waals surface area contributed by atoms with Crippen LogP contribution in [0.15, 0.2) is 0 Å². The number of nitrogens with zero attached hydrogens (tertiary/aromatic N) is 1. The molecular weight excluding hydrogens is 266 g/mol. The number of amides is 3. The zero-order valence-electron chi connectivity index (χ0n) is 10.8. The van der Waals surface area contributed by atoms with Gasteiger partial charge in [0.1, 0.15) is 6.54 Å². The third-order valence-electron chi connectivity index (χ3n) is 5.32. The maximum atomic E-state index is 11.6. The highest BCUT2D eigenvalue weighted by Gasteiger charge is 2.49. The van der Waals surface area contributed by atoms with Crippen LogP contribution in [0.4, 0.5) is 4.79 Å². The first-order valence-corrected chi connectivity index (χ1v) is 7.06. The maximum Gasteiger partial charge on any atom is 0.338 e. The minimum atomic E-state index is -0.284. The van der Waals surface area contributed by atoms with Gasteiger partial charge in [-0.3, -0.25) is 10.1 Å². The van der Waals surface area contributed by atoms with Crippen molar-refractivity contribution in [3.63, 3.8) is 0 Å². The van der Waals surface area contributed by atoms with E-state index in [1.165, 1.54) is 37.1 Å². The molecule has 0 atom stereocenters. The highest BCUT2D eigenvalue weighted by atomic mass is 35.5. The number of rotatable bonds is 2. The monoisotopic (exact) mass is 285 g/mol. The van der Waals surface area contributed by atoms with Crippen LogP contribution in [-0.2, 0) is 4.79 Å². The van der Waals surface area contributed by atoms with E-state index in [2.05, 4.69) is 10.7 Å². The van der Waals surface area contributed by atoms with Gasteiger partial charge in [0.25, 0.3) is 0 Å². The zero-order chi connectivity index (χ0) is 12.3. The Morgan fingerprint density at radius 2 is 1.58 bits per heavy atom. The molecule has 0 aromatic heterocycles. The molecule has 4 bridgehead atoms. The van der Waals surface area contributed by atoms with Gasteiger partial charge in [-0.1, -0.05) is 0 Å². The number of imide groups is 1. The van der Waals surface area contributed by atoms with E-state index in [1.807, 2.05) is 0 Å². The van der Waals surface area contributed by atoms with Gasteiger partial charge in [-0.2, -0.15) is 0 Å². The second-order valence-corrected chi connectivity index (χ2v) is 6.53. The zero-order valence-corrected chi connectivity index (χ0v) is 11.6. The molecule has 6 heteroatoms. The van der Waals surface area contributed by atoms with Gasteiger partial charge in [0.05, 0.1) is 0 Å². The van der Waals surface area contributed by atoms with Crippen molar-refractivity contribution >= 4 is 24.3 Å². The fourth-order valence-corrected chi connectivity index (χ4v) is 4.86. The summed E-state index contributed by atoms with van der Waals surface area (Å²) < 4.78 is 0. The molecule has 2 N–H and O–H groups in total. The second-order valence-electron chi connectivity index (χ2n) is 6.53. The third-order valence-corrected chi connectivity index (χ3v) is 5.32. The summed E-state index contributed by atoms with van der Waals surface area (Å²) in [5.41, 5.74) is 3.34. The van der Waals surface area contributed by atoms with E-state index in [4.69, 9.17) is 0 Å². The van der Waals surface area contributed by atoms with Crippen molar-refractivity contribution in [1.29, 1.82) is 0 Å². The Kier molecular flexibility index (Phi) is 3.21. The van der Waals surface area contributed by atoms with E-state index >= 15 is 0 Å². The van der Waals surface area contributed by atoms with Crippen LogP contribution >= 0.6 is 12.4 Å². The van der Waals surface area contributed by atoms with Gasteiger partial charge in [0.2, 0.25) is 5.91 Å². The predicted octanol–water partition coefficient (Wildman–Crippen LogP) is 1.29. The molecule has 4 aliphatic carbocycles. The highest BCUT2D eigenvalue weighted by molar-refractivity contribution is 6.01. The molecule has 19 heavy (non-hydrogen) atoms. The average Bonchev–Trinajstić information content (AvgIpc) is 2.61. The Bertz CT molecular complexity index is 387. The van der Waals surface area contributed by atoms with Crippen LogP contribution in [0.25, 0.3) is 0 Å². The predicted molar refractivity (Wildman–Crippen MR) is 71.5 cm³/mol. The maximum absolute atomic E-state index is 11.6. The lowest BCUT2D eigenvalue weighted by molar-refractivity contribution is -0.119. The van der Waals surface area contributed by atoms with Crippen molar-refractivity contribution in [2.24, 2.45) is 23.7 Å². The Morgan fingerprint density at radius 1 is 1.00 bits per heavy atom. The third kappa shape index (κ3) is 2.13. The quantitative estimate of drug-likeness (QED) is 0.752. The van der Waals surface area contributed by atoms with Crippen LogP contribution in [0, 0.1) is 23.7 Å². The molecule has 5 fully saturated rings. The number of carbonyl (C=O) groups is 2. The van der Waals surface area contributed by atoms with E-state index in [0.717, 1.165) is 11.8 Å². The molecule has 1 aliphatic heterocycles. The number of hydrazine groups is 1. The van der Waals surface area contributed by atoms with Crippen molar-refractivity contribution in [1.82, 2.24) is 15.8 Å². The molecule has 0 aromatic rings. The van der Waals surface area contributed by atoms with E-state index < -0.39 is 0 Å². The number of hydrogen-bond acceptors (Lipinski definition) is 3. The number of halogens is 1. The summed E-state index contributed by atoms with van der Waals surface area (Å²) in [6, 6.07) is 0.128. The Balaban J connectivity index is 0.00000110. The van der Waals surface area contributed by atoms with Crippen LogP contribution in [0.3, 0.4) is 0 Å². The van der Waals surface area contributed by atoms with Crippen LogP contribution in [0.5, 0.6) is 0 Å². The van der Waals surface area contributed by atoms with Gasteiger partial charge in [-0.25, -0.2) is 15.2 Å². The van der Waals surface area contributed by atoms with E-state index in [-0.39, 0.29) is 30.9 Å². The SMILES string of the molecule is Cl.O=C1CN(NC2C3CC4CC(C3)CC2C4)C(=O)N1. The van der Waals surface area contributed by atoms with E-state index in [1.54, 1.807) is 0 Å². The minimum Gasteiger partial charge on any atom is -0.275 e. The summed E-state index contributed by atoms with van der Waals surface area (Å²) in [5.74, 6) is 3.09. The van der Waals surface area contributed by atoms with Gasteiger partial charge < -0.3 is 0 Å². The van der Waals surface area contributed by atoms with E-state index in [0.29, 0.717) is 17.9 Å². The highest BCUT2D eigenvalue weighted by Crippen LogP contribution is 2.53. The molecule has 0 unspecified atom stereocenters. The first-order chi connectivity index (χ1) is 8.69. The molecule has 0 spiro atoms. The normalized spacial score (nSPS) is 43.4. The topological polar surface area (TPSA) is 61.4 Å². The van der Waals surface area contributed by atoms with Crippen molar-refractivity contribution in [2.75, 3.05) is 6.54 Å². The number of hydrogen-bond donors (Lipinski definition) is 2. The fourth-order valence-electron chi connectivity index (χ4n) is 4.86. The lowest BCUT2D eigenvalue weighted by Gasteiger charge is -2.55. The van der Waals surface area contributed by atoms with Crippen LogP contribution in [0.1, 0.15) is 32.1 Å². The lowest BCUT2D eigenvalue weighted by Crippen LogP contribution is -2.59. The van der Waals surface area contributed by atoms with Gasteiger partial charge in [-0.05, 0) is 55.8 Å². The molecule has 4 saturated carbocycles. The molecule has 5 aliphatic rings. The molecular formula is C13H20ClN3O2. The lowest BCUT2D eigenvalue weighted by atomic mass is 9.54. The Hall–Kier alpha value is -0.810. The molecule has 5 nitrogen and oxygen atoms in total. The number of carbonyl (C=O) groups excluding carboxylic acids is 2. The standard InChI is InChI=1S/C13H19N3O2.ClH/c17-11-6-16(13(18)14-11)15-12-9-2-7-1-8(4-9)5-10(12)3-7;/h7-10,12,15H,1-6H2,(H,14,17,18);1H. The van der Waals surface area contributed by atoms with Crippen LogP contribution in [0.2, 0.25) is 0 Å². The van der Waals surface area contributed by atoms with Crippen LogP contribution < -0.4 is 10.7 Å². The van der Waals surface area contributed by atoms with Crippen molar-refractivity contribution in [3.8, 4) is 0 Å². The molecule has 0 radical (unpaired) electrons. The van der Waals surface area contributed by atoms with Gasteiger partial charge in [0.15, 0.2) is 0 Å². The summed E-state index contributed by atoms with van der Waals surface area (Å²) >= 11 is 0. The van der Waals surface area contributed by atoms with Gasteiger partial charge in [0, 0.05) is 6.04 Å². The summed E-state index contributed by atoms with van der Waals surface area (Å²) in [4.78, 5) is 22.8. The molecule has 0 aromatic carbocycles. The summed E-state index contributed by atoms with van der Waals surface area (Å²) in [5, 5.41) is 3.81. The molecule has 5 rings (SSSR count). The first kappa shape index (κ1) is 13.2. The van der Waals surface area contributed by atoms with Crippen molar-refractivity contribution < 1.29 is 9.59 Å². The van der Waals surface area contributed by atoms with Crippen molar-refractivity contribution in [3.05, 3.63) is 0 Å². The number of nitrogens with one attached hydrogen (secondary N) is 2. The summed E-state index contributed by atoms with van der Waals surface area (Å²) in [7, 11) is 0. The van der Waals surface area contributed by atoms with Gasteiger partial charge >= 0.3 is 6.03 Å². The molecule has 1 saturated heterocycles. The van der Waals surface area contributed by atoms with E-state index in [9.17, 15) is 9.59 Å². The number of urea groups is 1. The smallest absolute Gasteiger partial charge is 0.275 e. The summed E-state index contributed by atoms with van der Waals surface area (Å²) in [6.45, 7) is 0.168.